The minimum Gasteiger partial charge on any atom is -0.487 e. The van der Waals surface area contributed by atoms with Gasteiger partial charge in [-0.05, 0) is 64.6 Å². The van der Waals surface area contributed by atoms with Crippen LogP contribution < -0.4 is 10.1 Å². The number of halogens is 2. The van der Waals surface area contributed by atoms with E-state index in [-0.39, 0.29) is 0 Å². The molecule has 0 saturated heterocycles. The van der Waals surface area contributed by atoms with Gasteiger partial charge in [0.25, 0.3) is 0 Å². The summed E-state index contributed by atoms with van der Waals surface area (Å²) < 4.78 is 6.90. The first kappa shape index (κ1) is 19.5. The van der Waals surface area contributed by atoms with Crippen LogP contribution in [-0.4, -0.2) is 4.98 Å². The van der Waals surface area contributed by atoms with E-state index in [1.54, 1.807) is 12.3 Å². The van der Waals surface area contributed by atoms with Crippen LogP contribution in [0.3, 0.4) is 0 Å². The number of fused-ring (bicyclic) bond motifs is 1. The van der Waals surface area contributed by atoms with Gasteiger partial charge in [-0.15, -0.1) is 0 Å². The van der Waals surface area contributed by atoms with Crippen molar-refractivity contribution in [2.75, 3.05) is 5.32 Å². The largest absolute Gasteiger partial charge is 0.487 e. The normalized spacial score (nSPS) is 10.5. The maximum atomic E-state index is 9.52. The predicted molar refractivity (Wildman–Crippen MR) is 125 cm³/mol. The molecule has 6 heteroatoms. The molecule has 3 aromatic carbocycles. The Morgan fingerprint density at radius 1 is 1.07 bits per heavy atom. The van der Waals surface area contributed by atoms with Crippen molar-refractivity contribution in [3.05, 3.63) is 92.6 Å². The van der Waals surface area contributed by atoms with Crippen LogP contribution in [0.25, 0.3) is 10.9 Å². The Balaban J connectivity index is 1.61. The number of anilines is 2. The molecule has 0 radical (unpaired) electrons. The van der Waals surface area contributed by atoms with Gasteiger partial charge < -0.3 is 10.1 Å². The summed E-state index contributed by atoms with van der Waals surface area (Å²) >= 11 is 8.68. The van der Waals surface area contributed by atoms with E-state index in [2.05, 4.69) is 39.0 Å². The van der Waals surface area contributed by atoms with Gasteiger partial charge in [0.05, 0.1) is 21.8 Å². The third-order valence-corrected chi connectivity index (χ3v) is 5.36. The highest BCUT2D eigenvalue weighted by Crippen LogP contribution is 2.33. The van der Waals surface area contributed by atoms with Crippen molar-refractivity contribution < 1.29 is 4.74 Å². The fourth-order valence-electron chi connectivity index (χ4n) is 2.96. The smallest absolute Gasteiger partial charge is 0.138 e. The first-order valence-corrected chi connectivity index (χ1v) is 10.3. The number of benzene rings is 3. The molecule has 0 saturated carbocycles. The molecule has 0 aliphatic carbocycles. The Bertz CT molecular complexity index is 1220. The number of ether oxygens (including phenoxy) is 1. The van der Waals surface area contributed by atoms with Crippen molar-refractivity contribution >= 4 is 56.5 Å². The lowest BCUT2D eigenvalue weighted by atomic mass is 10.1. The lowest BCUT2D eigenvalue weighted by molar-refractivity contribution is 0.306. The van der Waals surface area contributed by atoms with E-state index in [1.165, 1.54) is 0 Å². The summed E-state index contributed by atoms with van der Waals surface area (Å²) in [5, 5.41) is 14.2. The highest BCUT2D eigenvalue weighted by Gasteiger charge is 2.11. The van der Waals surface area contributed by atoms with Crippen molar-refractivity contribution in [1.29, 1.82) is 5.26 Å². The number of rotatable bonds is 5. The van der Waals surface area contributed by atoms with Gasteiger partial charge in [-0.1, -0.05) is 41.9 Å². The van der Waals surface area contributed by atoms with E-state index in [9.17, 15) is 5.26 Å². The fourth-order valence-corrected chi connectivity index (χ4v) is 3.69. The van der Waals surface area contributed by atoms with E-state index < -0.39 is 0 Å². The number of aromatic nitrogens is 1. The van der Waals surface area contributed by atoms with Gasteiger partial charge in [0, 0.05) is 20.8 Å². The molecule has 0 fully saturated rings. The van der Waals surface area contributed by atoms with E-state index in [0.717, 1.165) is 25.7 Å². The summed E-state index contributed by atoms with van der Waals surface area (Å²) in [6.45, 7) is 0.444. The zero-order valence-electron chi connectivity index (χ0n) is 15.2. The number of hydrogen-bond acceptors (Lipinski definition) is 4. The minimum atomic E-state index is 0.444. The summed E-state index contributed by atoms with van der Waals surface area (Å²) in [6.07, 6.45) is 1.58. The SMILES string of the molecule is N#Cc1cnc2ccc(I)cc2c1Nc1ccc(OCc2ccccc2)c(Cl)c1. The van der Waals surface area contributed by atoms with Gasteiger partial charge in [-0.3, -0.25) is 4.98 Å². The van der Waals surface area contributed by atoms with Gasteiger partial charge in [0.1, 0.15) is 18.4 Å². The topological polar surface area (TPSA) is 57.9 Å². The molecule has 0 atom stereocenters. The van der Waals surface area contributed by atoms with E-state index >= 15 is 0 Å². The molecule has 4 nitrogen and oxygen atoms in total. The molecule has 0 aliphatic rings. The van der Waals surface area contributed by atoms with Crippen LogP contribution in [0.4, 0.5) is 11.4 Å². The monoisotopic (exact) mass is 511 g/mol. The zero-order chi connectivity index (χ0) is 20.2. The maximum Gasteiger partial charge on any atom is 0.138 e. The van der Waals surface area contributed by atoms with Crippen LogP contribution >= 0.6 is 34.2 Å². The highest BCUT2D eigenvalue weighted by atomic mass is 127. The quantitative estimate of drug-likeness (QED) is 0.303. The molecule has 1 N–H and O–H groups in total. The minimum absolute atomic E-state index is 0.444. The van der Waals surface area contributed by atoms with Crippen LogP contribution in [0.15, 0.2) is 72.9 Å². The molecule has 1 aromatic heterocycles. The first-order chi connectivity index (χ1) is 14.1. The second-order valence-corrected chi connectivity index (χ2v) is 8.02. The number of pyridine rings is 1. The third-order valence-electron chi connectivity index (χ3n) is 4.39. The molecule has 0 bridgehead atoms. The zero-order valence-corrected chi connectivity index (χ0v) is 18.1. The standard InChI is InChI=1S/C23H15ClIN3O/c24-20-11-18(7-9-22(20)29-14-15-4-2-1-3-5-15)28-23-16(12-26)13-27-21-8-6-17(25)10-19(21)23/h1-11,13H,14H2,(H,27,28). The second-order valence-electron chi connectivity index (χ2n) is 6.36. The summed E-state index contributed by atoms with van der Waals surface area (Å²) in [5.41, 5.74) is 3.85. The van der Waals surface area contributed by atoms with Gasteiger partial charge in [-0.25, -0.2) is 0 Å². The molecule has 0 spiro atoms. The molecule has 4 rings (SSSR count). The number of nitrogens with one attached hydrogen (secondary N) is 1. The highest BCUT2D eigenvalue weighted by molar-refractivity contribution is 14.1. The van der Waals surface area contributed by atoms with Crippen molar-refractivity contribution in [2.24, 2.45) is 0 Å². The fraction of sp³-hybridized carbons (Fsp3) is 0.0435. The molecule has 0 amide bonds. The average molecular weight is 512 g/mol. The van der Waals surface area contributed by atoms with Crippen molar-refractivity contribution in [3.8, 4) is 11.8 Å². The molecular formula is C23H15ClIN3O. The van der Waals surface area contributed by atoms with E-state index in [4.69, 9.17) is 16.3 Å². The first-order valence-electron chi connectivity index (χ1n) is 8.86. The molecule has 29 heavy (non-hydrogen) atoms. The Hall–Kier alpha value is -2.82. The molecule has 0 unspecified atom stereocenters. The van der Waals surface area contributed by atoms with Gasteiger partial charge in [0.15, 0.2) is 0 Å². The third kappa shape index (κ3) is 4.44. The van der Waals surface area contributed by atoms with E-state index in [1.807, 2.05) is 60.7 Å². The van der Waals surface area contributed by atoms with Crippen LogP contribution in [-0.2, 0) is 6.61 Å². The Kier molecular flexibility index (Phi) is 5.84. The van der Waals surface area contributed by atoms with Crippen LogP contribution in [0.1, 0.15) is 11.1 Å². The summed E-state index contributed by atoms with van der Waals surface area (Å²) in [6, 6.07) is 23.6. The van der Waals surface area contributed by atoms with Crippen molar-refractivity contribution in [3.63, 3.8) is 0 Å². The van der Waals surface area contributed by atoms with Gasteiger partial charge in [0.2, 0.25) is 0 Å². The lowest BCUT2D eigenvalue weighted by Crippen LogP contribution is -1.99. The number of hydrogen-bond donors (Lipinski definition) is 1. The van der Waals surface area contributed by atoms with Gasteiger partial charge >= 0.3 is 0 Å². The Labute approximate surface area is 187 Å². The predicted octanol–water partition coefficient (Wildman–Crippen LogP) is 6.69. The summed E-state index contributed by atoms with van der Waals surface area (Å²) in [5.74, 6) is 0.607. The summed E-state index contributed by atoms with van der Waals surface area (Å²) in [7, 11) is 0. The Morgan fingerprint density at radius 3 is 2.66 bits per heavy atom. The Morgan fingerprint density at radius 2 is 1.90 bits per heavy atom. The van der Waals surface area contributed by atoms with Gasteiger partial charge in [-0.2, -0.15) is 5.26 Å². The lowest BCUT2D eigenvalue weighted by Gasteiger charge is -2.14. The second kappa shape index (κ2) is 8.68. The molecular weight excluding hydrogens is 497 g/mol. The van der Waals surface area contributed by atoms with Crippen LogP contribution in [0.5, 0.6) is 5.75 Å². The van der Waals surface area contributed by atoms with Crippen LogP contribution in [0.2, 0.25) is 5.02 Å². The number of nitrogens with zero attached hydrogens (tertiary/aromatic N) is 2. The van der Waals surface area contributed by atoms with Crippen LogP contribution in [0, 0.1) is 14.9 Å². The molecule has 0 aliphatic heterocycles. The van der Waals surface area contributed by atoms with E-state index in [0.29, 0.717) is 28.6 Å². The van der Waals surface area contributed by atoms with Crippen molar-refractivity contribution in [2.45, 2.75) is 6.61 Å². The molecule has 4 aromatic rings. The molecule has 142 valence electrons. The van der Waals surface area contributed by atoms with Crippen molar-refractivity contribution in [1.82, 2.24) is 4.98 Å². The average Bonchev–Trinajstić information content (AvgIpc) is 2.74. The number of nitriles is 1. The maximum absolute atomic E-state index is 9.52. The summed E-state index contributed by atoms with van der Waals surface area (Å²) in [4.78, 5) is 4.37. The molecule has 1 heterocycles.